The Labute approximate surface area is 124 Å². The third kappa shape index (κ3) is 5.96. The van der Waals surface area contributed by atoms with E-state index in [0.717, 1.165) is 37.2 Å². The molecule has 0 aliphatic carbocycles. The topological polar surface area (TPSA) is 29.5 Å². The van der Waals surface area contributed by atoms with Gasteiger partial charge in [-0.1, -0.05) is 58.6 Å². The number of hydrogen-bond acceptors (Lipinski definition) is 2. The van der Waals surface area contributed by atoms with Crippen molar-refractivity contribution in [3.63, 3.8) is 0 Å². The zero-order valence-corrected chi connectivity index (χ0v) is 13.3. The van der Waals surface area contributed by atoms with E-state index in [1.165, 1.54) is 19.3 Å². The molecule has 0 bridgehead atoms. The van der Waals surface area contributed by atoms with Crippen molar-refractivity contribution in [1.82, 2.24) is 0 Å². The molecule has 0 aliphatic rings. The molecular weight excluding hydrogens is 248 g/mol. The molecule has 0 saturated carbocycles. The molecule has 2 heteroatoms. The Morgan fingerprint density at radius 2 is 1.95 bits per heavy atom. The third-order valence-corrected chi connectivity index (χ3v) is 3.82. The monoisotopic (exact) mass is 278 g/mol. The highest BCUT2D eigenvalue weighted by Crippen LogP contribution is 2.28. The van der Waals surface area contributed by atoms with Crippen molar-refractivity contribution in [2.75, 3.05) is 6.61 Å². The quantitative estimate of drug-likeness (QED) is 0.644. The summed E-state index contributed by atoms with van der Waals surface area (Å²) >= 11 is 0. The van der Waals surface area contributed by atoms with Crippen LogP contribution < -0.4 is 4.74 Å². The van der Waals surface area contributed by atoms with Gasteiger partial charge in [0.15, 0.2) is 0 Å². The molecule has 0 aliphatic heterocycles. The molecule has 1 aromatic carbocycles. The highest BCUT2D eigenvalue weighted by atomic mass is 16.5. The summed E-state index contributed by atoms with van der Waals surface area (Å²) in [6, 6.07) is 7.90. The van der Waals surface area contributed by atoms with Gasteiger partial charge in [-0.2, -0.15) is 0 Å². The minimum atomic E-state index is -0.373. The molecule has 0 fully saturated rings. The Bertz CT molecular complexity index is 362. The van der Waals surface area contributed by atoms with Crippen LogP contribution in [0.25, 0.3) is 0 Å². The van der Waals surface area contributed by atoms with Crippen LogP contribution in [0.15, 0.2) is 24.3 Å². The van der Waals surface area contributed by atoms with Crippen LogP contribution in [-0.2, 0) is 0 Å². The van der Waals surface area contributed by atoms with E-state index in [1.54, 1.807) is 0 Å². The number of unbranched alkanes of at least 4 members (excludes halogenated alkanes) is 1. The lowest BCUT2D eigenvalue weighted by molar-refractivity contribution is 0.138. The van der Waals surface area contributed by atoms with E-state index >= 15 is 0 Å². The van der Waals surface area contributed by atoms with Gasteiger partial charge in [0.1, 0.15) is 5.75 Å². The molecule has 0 aromatic heterocycles. The first-order valence-corrected chi connectivity index (χ1v) is 8.12. The fourth-order valence-electron chi connectivity index (χ4n) is 2.46. The second-order valence-corrected chi connectivity index (χ2v) is 5.59. The molecule has 0 amide bonds. The molecule has 0 saturated heterocycles. The molecule has 2 nitrogen and oxygen atoms in total. The van der Waals surface area contributed by atoms with E-state index in [0.29, 0.717) is 5.92 Å². The summed E-state index contributed by atoms with van der Waals surface area (Å²) in [5.41, 5.74) is 0.980. The highest BCUT2D eigenvalue weighted by molar-refractivity contribution is 5.29. The summed E-state index contributed by atoms with van der Waals surface area (Å²) < 4.78 is 5.63. The maximum atomic E-state index is 10.4. The zero-order chi connectivity index (χ0) is 14.8. The fraction of sp³-hybridized carbons (Fsp3) is 0.667. The number of ether oxygens (including phenoxy) is 1. The molecule has 0 radical (unpaired) electrons. The second kappa shape index (κ2) is 9.82. The van der Waals surface area contributed by atoms with Crippen LogP contribution in [0.3, 0.4) is 0 Å². The maximum absolute atomic E-state index is 10.4. The standard InChI is InChI=1S/C18H30O2/c1-4-7-9-15(6-3)13-18(19)16-10-8-11-17(14-16)20-12-5-2/h8,10-11,14-15,18-19H,4-7,9,12-13H2,1-3H3. The predicted molar refractivity (Wildman–Crippen MR) is 85.1 cm³/mol. The molecule has 1 N–H and O–H groups in total. The zero-order valence-electron chi connectivity index (χ0n) is 13.3. The summed E-state index contributed by atoms with van der Waals surface area (Å²) in [5, 5.41) is 10.4. The van der Waals surface area contributed by atoms with Crippen molar-refractivity contribution in [2.45, 2.75) is 65.4 Å². The predicted octanol–water partition coefficient (Wildman–Crippen LogP) is 5.12. The van der Waals surface area contributed by atoms with Gasteiger partial charge >= 0.3 is 0 Å². The number of aliphatic hydroxyl groups excluding tert-OH is 1. The van der Waals surface area contributed by atoms with E-state index < -0.39 is 0 Å². The Hall–Kier alpha value is -1.02. The summed E-state index contributed by atoms with van der Waals surface area (Å²) in [6.45, 7) is 7.26. The number of rotatable bonds is 10. The number of aliphatic hydroxyl groups is 1. The van der Waals surface area contributed by atoms with Gasteiger partial charge in [0.25, 0.3) is 0 Å². The van der Waals surface area contributed by atoms with Crippen molar-refractivity contribution in [1.29, 1.82) is 0 Å². The highest BCUT2D eigenvalue weighted by Gasteiger charge is 2.15. The van der Waals surface area contributed by atoms with Gasteiger partial charge in [0, 0.05) is 0 Å². The summed E-state index contributed by atoms with van der Waals surface area (Å²) in [4.78, 5) is 0. The van der Waals surface area contributed by atoms with E-state index in [1.807, 2.05) is 24.3 Å². The SMILES string of the molecule is CCCCC(CC)CC(O)c1cccc(OCCC)c1. The van der Waals surface area contributed by atoms with Crippen molar-refractivity contribution >= 4 is 0 Å². The molecule has 0 heterocycles. The van der Waals surface area contributed by atoms with Gasteiger partial charge in [0.05, 0.1) is 12.7 Å². The van der Waals surface area contributed by atoms with E-state index in [9.17, 15) is 5.11 Å². The van der Waals surface area contributed by atoms with E-state index in [2.05, 4.69) is 20.8 Å². The van der Waals surface area contributed by atoms with Gasteiger partial charge in [-0.15, -0.1) is 0 Å². The van der Waals surface area contributed by atoms with Crippen LogP contribution in [0.4, 0.5) is 0 Å². The maximum Gasteiger partial charge on any atom is 0.119 e. The average molecular weight is 278 g/mol. The first-order valence-electron chi connectivity index (χ1n) is 8.12. The van der Waals surface area contributed by atoms with Crippen LogP contribution in [0.1, 0.15) is 71.0 Å². The minimum absolute atomic E-state index is 0.373. The van der Waals surface area contributed by atoms with Gasteiger partial charge < -0.3 is 9.84 Å². The normalized spacial score (nSPS) is 14.0. The second-order valence-electron chi connectivity index (χ2n) is 5.59. The molecule has 1 rings (SSSR count). The van der Waals surface area contributed by atoms with Gasteiger partial charge in [0.2, 0.25) is 0 Å². The van der Waals surface area contributed by atoms with Crippen LogP contribution >= 0.6 is 0 Å². The largest absolute Gasteiger partial charge is 0.494 e. The van der Waals surface area contributed by atoms with Crippen LogP contribution in [-0.4, -0.2) is 11.7 Å². The van der Waals surface area contributed by atoms with Crippen molar-refractivity contribution in [3.8, 4) is 5.75 Å². The molecular formula is C18H30O2. The van der Waals surface area contributed by atoms with Crippen LogP contribution in [0.5, 0.6) is 5.75 Å². The Kier molecular flexibility index (Phi) is 8.36. The van der Waals surface area contributed by atoms with Crippen molar-refractivity contribution in [2.24, 2.45) is 5.92 Å². The third-order valence-electron chi connectivity index (χ3n) is 3.82. The molecule has 114 valence electrons. The van der Waals surface area contributed by atoms with Crippen LogP contribution in [0, 0.1) is 5.92 Å². The smallest absolute Gasteiger partial charge is 0.119 e. The Balaban J connectivity index is 2.58. The first kappa shape index (κ1) is 17.0. The van der Waals surface area contributed by atoms with E-state index in [-0.39, 0.29) is 6.10 Å². The van der Waals surface area contributed by atoms with E-state index in [4.69, 9.17) is 4.74 Å². The lowest BCUT2D eigenvalue weighted by atomic mass is 9.90. The van der Waals surface area contributed by atoms with Crippen molar-refractivity contribution < 1.29 is 9.84 Å². The molecule has 1 aromatic rings. The molecule has 20 heavy (non-hydrogen) atoms. The van der Waals surface area contributed by atoms with Crippen molar-refractivity contribution in [3.05, 3.63) is 29.8 Å². The van der Waals surface area contributed by atoms with Gasteiger partial charge in [-0.25, -0.2) is 0 Å². The van der Waals surface area contributed by atoms with Gasteiger partial charge in [-0.05, 0) is 36.5 Å². The molecule has 0 spiro atoms. The lowest BCUT2D eigenvalue weighted by Crippen LogP contribution is -2.07. The average Bonchev–Trinajstić information content (AvgIpc) is 2.49. The summed E-state index contributed by atoms with van der Waals surface area (Å²) in [5.74, 6) is 1.48. The van der Waals surface area contributed by atoms with Crippen LogP contribution in [0.2, 0.25) is 0 Å². The molecule has 2 atom stereocenters. The lowest BCUT2D eigenvalue weighted by Gasteiger charge is -2.19. The number of hydrogen-bond donors (Lipinski definition) is 1. The Morgan fingerprint density at radius 3 is 2.60 bits per heavy atom. The fourth-order valence-corrected chi connectivity index (χ4v) is 2.46. The first-order chi connectivity index (χ1) is 9.71. The Morgan fingerprint density at radius 1 is 1.15 bits per heavy atom. The number of benzene rings is 1. The molecule has 2 unspecified atom stereocenters. The van der Waals surface area contributed by atoms with Gasteiger partial charge in [-0.3, -0.25) is 0 Å². The minimum Gasteiger partial charge on any atom is -0.494 e. The summed E-state index contributed by atoms with van der Waals surface area (Å²) in [6.07, 6.45) is 6.33. The summed E-state index contributed by atoms with van der Waals surface area (Å²) in [7, 11) is 0.